The smallest absolute Gasteiger partial charge is 0.248 e. The Morgan fingerprint density at radius 1 is 1.57 bits per heavy atom. The normalized spacial score (nSPS) is 21.4. The second-order valence-corrected chi connectivity index (χ2v) is 3.96. The third-order valence-corrected chi connectivity index (χ3v) is 2.23. The summed E-state index contributed by atoms with van der Waals surface area (Å²) < 4.78 is 0. The third kappa shape index (κ3) is 2.13. The highest BCUT2D eigenvalue weighted by Crippen LogP contribution is 2.12. The first-order valence-electron chi connectivity index (χ1n) is 4.68. The lowest BCUT2D eigenvalue weighted by Crippen LogP contribution is -2.52. The highest BCUT2D eigenvalue weighted by molar-refractivity contribution is 5.92. The van der Waals surface area contributed by atoms with Gasteiger partial charge in [0.15, 0.2) is 0 Å². The van der Waals surface area contributed by atoms with Crippen LogP contribution in [0.2, 0.25) is 0 Å². The molecule has 4 nitrogen and oxygen atoms in total. The monoisotopic (exact) mass is 196 g/mol. The molecule has 1 fully saturated rings. The van der Waals surface area contributed by atoms with Gasteiger partial charge in [-0.2, -0.15) is 0 Å². The Balaban J connectivity index is 2.85. The van der Waals surface area contributed by atoms with Gasteiger partial charge < -0.3 is 10.2 Å². The van der Waals surface area contributed by atoms with E-state index in [4.69, 9.17) is 0 Å². The van der Waals surface area contributed by atoms with Crippen molar-refractivity contribution in [3.63, 3.8) is 0 Å². The number of hydrogen-bond acceptors (Lipinski definition) is 2. The molecule has 1 N–H and O–H groups in total. The SMILES string of the molecule is C=CCN1CCC(=O)NC(C)(C)C1=O. The number of amides is 2. The minimum absolute atomic E-state index is 0.0525. The number of carbonyl (C=O) groups is 2. The van der Waals surface area contributed by atoms with Crippen molar-refractivity contribution in [2.24, 2.45) is 0 Å². The molecule has 0 atom stereocenters. The van der Waals surface area contributed by atoms with Gasteiger partial charge in [-0.15, -0.1) is 6.58 Å². The summed E-state index contributed by atoms with van der Waals surface area (Å²) in [4.78, 5) is 24.8. The second-order valence-electron chi connectivity index (χ2n) is 3.96. The molecule has 14 heavy (non-hydrogen) atoms. The standard InChI is InChI=1S/C10H16N2O2/c1-4-6-12-7-5-8(13)11-10(2,3)9(12)14/h4H,1,5-7H2,2-3H3,(H,11,13). The van der Waals surface area contributed by atoms with E-state index in [1.54, 1.807) is 24.8 Å². The van der Waals surface area contributed by atoms with E-state index >= 15 is 0 Å². The van der Waals surface area contributed by atoms with Crippen molar-refractivity contribution < 1.29 is 9.59 Å². The van der Waals surface area contributed by atoms with Crippen LogP contribution in [0.25, 0.3) is 0 Å². The highest BCUT2D eigenvalue weighted by Gasteiger charge is 2.35. The lowest BCUT2D eigenvalue weighted by Gasteiger charge is -2.27. The van der Waals surface area contributed by atoms with Crippen molar-refractivity contribution in [3.8, 4) is 0 Å². The quantitative estimate of drug-likeness (QED) is 0.646. The molecule has 4 heteroatoms. The molecule has 0 aromatic rings. The molecule has 0 bridgehead atoms. The Morgan fingerprint density at radius 3 is 2.79 bits per heavy atom. The summed E-state index contributed by atoms with van der Waals surface area (Å²) in [6.07, 6.45) is 2.03. The lowest BCUT2D eigenvalue weighted by molar-refractivity contribution is -0.136. The molecule has 0 unspecified atom stereocenters. The maximum absolute atomic E-state index is 11.9. The Bertz CT molecular complexity index is 271. The maximum Gasteiger partial charge on any atom is 0.248 e. The van der Waals surface area contributed by atoms with Gasteiger partial charge in [0.1, 0.15) is 5.54 Å². The summed E-state index contributed by atoms with van der Waals surface area (Å²) >= 11 is 0. The van der Waals surface area contributed by atoms with Crippen molar-refractivity contribution in [3.05, 3.63) is 12.7 Å². The third-order valence-electron chi connectivity index (χ3n) is 2.23. The van der Waals surface area contributed by atoms with Crippen LogP contribution in [0, 0.1) is 0 Å². The second kappa shape index (κ2) is 3.82. The summed E-state index contributed by atoms with van der Waals surface area (Å²) in [6.45, 7) is 7.99. The molecule has 1 rings (SSSR count). The van der Waals surface area contributed by atoms with Gasteiger partial charge in [0.25, 0.3) is 0 Å². The molecular weight excluding hydrogens is 180 g/mol. The number of carbonyl (C=O) groups excluding carboxylic acids is 2. The van der Waals surface area contributed by atoms with Crippen LogP contribution < -0.4 is 5.32 Å². The fourth-order valence-corrected chi connectivity index (χ4v) is 1.53. The molecule has 1 heterocycles. The van der Waals surface area contributed by atoms with E-state index in [2.05, 4.69) is 11.9 Å². The van der Waals surface area contributed by atoms with Crippen molar-refractivity contribution in [2.45, 2.75) is 25.8 Å². The van der Waals surface area contributed by atoms with Gasteiger partial charge in [0, 0.05) is 19.5 Å². The van der Waals surface area contributed by atoms with Crippen molar-refractivity contribution in [1.29, 1.82) is 0 Å². The van der Waals surface area contributed by atoms with E-state index in [1.165, 1.54) is 0 Å². The summed E-state index contributed by atoms with van der Waals surface area (Å²) in [5.74, 6) is -0.127. The van der Waals surface area contributed by atoms with E-state index < -0.39 is 5.54 Å². The molecule has 1 saturated heterocycles. The zero-order valence-electron chi connectivity index (χ0n) is 8.67. The molecule has 2 amide bonds. The van der Waals surface area contributed by atoms with Gasteiger partial charge >= 0.3 is 0 Å². The zero-order chi connectivity index (χ0) is 10.8. The number of hydrogen-bond donors (Lipinski definition) is 1. The van der Waals surface area contributed by atoms with Crippen molar-refractivity contribution in [2.75, 3.05) is 13.1 Å². The topological polar surface area (TPSA) is 49.4 Å². The first kappa shape index (κ1) is 10.8. The fraction of sp³-hybridized carbons (Fsp3) is 0.600. The lowest BCUT2D eigenvalue weighted by atomic mass is 10.0. The van der Waals surface area contributed by atoms with Crippen LogP contribution in [0.15, 0.2) is 12.7 Å². The van der Waals surface area contributed by atoms with E-state index in [-0.39, 0.29) is 11.8 Å². The van der Waals surface area contributed by atoms with Crippen LogP contribution in [0.3, 0.4) is 0 Å². The molecule has 0 aliphatic carbocycles. The summed E-state index contributed by atoms with van der Waals surface area (Å²) in [6, 6.07) is 0. The number of nitrogens with one attached hydrogen (secondary N) is 1. The van der Waals surface area contributed by atoms with Gasteiger partial charge in [-0.3, -0.25) is 9.59 Å². The van der Waals surface area contributed by atoms with Crippen LogP contribution in [0.1, 0.15) is 20.3 Å². The molecule has 0 spiro atoms. The molecule has 0 aromatic heterocycles. The van der Waals surface area contributed by atoms with Crippen molar-refractivity contribution >= 4 is 11.8 Å². The van der Waals surface area contributed by atoms with Crippen molar-refractivity contribution in [1.82, 2.24) is 10.2 Å². The summed E-state index contributed by atoms with van der Waals surface area (Å²) in [5, 5.41) is 2.69. The van der Waals surface area contributed by atoms with E-state index in [0.29, 0.717) is 19.5 Å². The van der Waals surface area contributed by atoms with Crippen LogP contribution in [0.5, 0.6) is 0 Å². The van der Waals surface area contributed by atoms with Gasteiger partial charge in [-0.25, -0.2) is 0 Å². The van der Waals surface area contributed by atoms with Gasteiger partial charge in [0.05, 0.1) is 0 Å². The maximum atomic E-state index is 11.9. The Morgan fingerprint density at radius 2 is 2.21 bits per heavy atom. The number of nitrogens with zero attached hydrogens (tertiary/aromatic N) is 1. The average molecular weight is 196 g/mol. The highest BCUT2D eigenvalue weighted by atomic mass is 16.2. The van der Waals surface area contributed by atoms with E-state index in [9.17, 15) is 9.59 Å². The summed E-state index contributed by atoms with van der Waals surface area (Å²) in [5.41, 5.74) is -0.795. The first-order chi connectivity index (χ1) is 6.47. The van der Waals surface area contributed by atoms with Crippen LogP contribution in [-0.2, 0) is 9.59 Å². The molecule has 78 valence electrons. The minimum Gasteiger partial charge on any atom is -0.342 e. The van der Waals surface area contributed by atoms with E-state index in [0.717, 1.165) is 0 Å². The van der Waals surface area contributed by atoms with Crippen LogP contribution in [0.4, 0.5) is 0 Å². The van der Waals surface area contributed by atoms with Crippen LogP contribution in [-0.4, -0.2) is 35.3 Å². The largest absolute Gasteiger partial charge is 0.342 e. The summed E-state index contributed by atoms with van der Waals surface area (Å²) in [7, 11) is 0. The van der Waals surface area contributed by atoms with Gasteiger partial charge in [-0.1, -0.05) is 6.08 Å². The first-order valence-corrected chi connectivity index (χ1v) is 4.68. The Kier molecular flexibility index (Phi) is 2.93. The Hall–Kier alpha value is -1.32. The molecule has 0 saturated carbocycles. The van der Waals surface area contributed by atoms with E-state index in [1.807, 2.05) is 0 Å². The van der Waals surface area contributed by atoms with Crippen LogP contribution >= 0.6 is 0 Å². The minimum atomic E-state index is -0.795. The fourth-order valence-electron chi connectivity index (χ4n) is 1.53. The molecule has 1 aliphatic heterocycles. The Labute approximate surface area is 84.0 Å². The predicted octanol–water partition coefficient (Wildman–Crippen LogP) is 0.299. The molecular formula is C10H16N2O2. The van der Waals surface area contributed by atoms with Gasteiger partial charge in [-0.05, 0) is 13.8 Å². The molecule has 0 aromatic carbocycles. The predicted molar refractivity (Wildman–Crippen MR) is 53.6 cm³/mol. The average Bonchev–Trinajstić information content (AvgIpc) is 2.17. The molecule has 1 aliphatic rings. The number of rotatable bonds is 2. The molecule has 0 radical (unpaired) electrons. The van der Waals surface area contributed by atoms with Gasteiger partial charge in [0.2, 0.25) is 11.8 Å². The zero-order valence-corrected chi connectivity index (χ0v) is 8.67.